The minimum Gasteiger partial charge on any atom is -0.726 e. The Balaban J connectivity index is 0.000000282. The summed E-state index contributed by atoms with van der Waals surface area (Å²) in [6, 6.07) is 14.2. The lowest BCUT2D eigenvalue weighted by Gasteiger charge is -2.07. The number of pyridine rings is 1. The predicted octanol–water partition coefficient (Wildman–Crippen LogP) is 2.28. The van der Waals surface area contributed by atoms with E-state index in [0.717, 1.165) is 22.3 Å². The highest BCUT2D eigenvalue weighted by molar-refractivity contribution is 7.79. The van der Waals surface area contributed by atoms with Gasteiger partial charge in [0, 0.05) is 22.2 Å². The Morgan fingerprint density at radius 3 is 2.38 bits per heavy atom. The molecule has 7 heteroatoms. The average Bonchev–Trinajstić information content (AvgIpc) is 2.37. The van der Waals surface area contributed by atoms with Crippen molar-refractivity contribution in [2.75, 3.05) is 5.73 Å². The van der Waals surface area contributed by atoms with E-state index in [1.54, 1.807) is 0 Å². The number of anilines is 1. The Hall–Kier alpha value is -2.22. The van der Waals surface area contributed by atoms with Gasteiger partial charge in [-0.3, -0.25) is 9.54 Å². The van der Waals surface area contributed by atoms with E-state index in [2.05, 4.69) is 17.1 Å². The van der Waals surface area contributed by atoms with E-state index in [1.807, 2.05) is 37.3 Å². The fourth-order valence-electron chi connectivity index (χ4n) is 2.14. The maximum Gasteiger partial charge on any atom is 0.215 e. The predicted molar refractivity (Wildman–Crippen MR) is 80.7 cm³/mol. The summed E-state index contributed by atoms with van der Waals surface area (Å²) >= 11 is 0. The number of benzene rings is 2. The fraction of sp³-hybridized carbons (Fsp3) is 0.0714. The zero-order chi connectivity index (χ0) is 15.6. The second-order valence-electron chi connectivity index (χ2n) is 4.45. The summed E-state index contributed by atoms with van der Waals surface area (Å²) in [6.45, 7) is 2.02. The Kier molecular flexibility index (Phi) is 4.08. The Morgan fingerprint density at radius 1 is 1.10 bits per heavy atom. The number of nitrogens with two attached hydrogens (primary N) is 1. The lowest BCUT2D eigenvalue weighted by molar-refractivity contribution is 0.366. The first-order chi connectivity index (χ1) is 9.75. The SMILES string of the molecule is Cc1nc2ccccc2c2ccc(N)cc12.O=S(=O)([O-])O. The molecule has 3 rings (SSSR count). The van der Waals surface area contributed by atoms with Crippen molar-refractivity contribution in [1.82, 2.24) is 4.98 Å². The molecule has 0 saturated heterocycles. The van der Waals surface area contributed by atoms with Gasteiger partial charge < -0.3 is 10.3 Å². The van der Waals surface area contributed by atoms with Crippen LogP contribution in [0.3, 0.4) is 0 Å². The van der Waals surface area contributed by atoms with Gasteiger partial charge in [0.2, 0.25) is 10.4 Å². The van der Waals surface area contributed by atoms with Crippen molar-refractivity contribution in [2.45, 2.75) is 6.92 Å². The van der Waals surface area contributed by atoms with Crippen LogP contribution in [0.4, 0.5) is 5.69 Å². The molecule has 3 aromatic rings. The van der Waals surface area contributed by atoms with E-state index in [-0.39, 0.29) is 0 Å². The third-order valence-electron chi connectivity index (χ3n) is 2.92. The number of nitrogens with zero attached hydrogens (tertiary/aromatic N) is 1. The maximum absolute atomic E-state index is 8.63. The number of para-hydroxylation sites is 1. The van der Waals surface area contributed by atoms with Crippen molar-refractivity contribution in [2.24, 2.45) is 0 Å². The second kappa shape index (κ2) is 5.65. The van der Waals surface area contributed by atoms with Crippen molar-refractivity contribution in [3.05, 3.63) is 48.2 Å². The van der Waals surface area contributed by atoms with Crippen molar-refractivity contribution >= 4 is 37.8 Å². The molecule has 6 nitrogen and oxygen atoms in total. The van der Waals surface area contributed by atoms with Crippen molar-refractivity contribution in [3.8, 4) is 0 Å². The smallest absolute Gasteiger partial charge is 0.215 e. The molecule has 0 spiro atoms. The molecule has 2 aromatic carbocycles. The number of rotatable bonds is 0. The molecule has 1 heterocycles. The summed E-state index contributed by atoms with van der Waals surface area (Å²) in [5.74, 6) is 0. The standard InChI is InChI=1S/C14H12N2.H2O4S/c1-9-13-8-10(15)6-7-11(13)12-4-2-3-5-14(12)16-9;1-5(2,3)4/h2-8H,15H2,1H3;(H2,1,2,3,4)/p-1. The van der Waals surface area contributed by atoms with E-state index >= 15 is 0 Å². The van der Waals surface area contributed by atoms with Crippen LogP contribution < -0.4 is 5.73 Å². The topological polar surface area (TPSA) is 116 Å². The van der Waals surface area contributed by atoms with E-state index in [4.69, 9.17) is 23.3 Å². The van der Waals surface area contributed by atoms with Crippen LogP contribution in [0.5, 0.6) is 0 Å². The first-order valence-electron chi connectivity index (χ1n) is 5.98. The highest BCUT2D eigenvalue weighted by Crippen LogP contribution is 2.27. The quantitative estimate of drug-likeness (QED) is 0.285. The van der Waals surface area contributed by atoms with Crippen LogP contribution in [0.15, 0.2) is 42.5 Å². The summed E-state index contributed by atoms with van der Waals surface area (Å²) in [5, 5.41) is 3.54. The monoisotopic (exact) mass is 305 g/mol. The molecule has 3 N–H and O–H groups in total. The van der Waals surface area contributed by atoms with Gasteiger partial charge in [-0.05, 0) is 30.5 Å². The second-order valence-corrected chi connectivity index (χ2v) is 5.30. The Morgan fingerprint density at radius 2 is 1.71 bits per heavy atom. The van der Waals surface area contributed by atoms with Crippen molar-refractivity contribution in [1.29, 1.82) is 0 Å². The lowest BCUT2D eigenvalue weighted by atomic mass is 10.0. The molecule has 21 heavy (non-hydrogen) atoms. The third-order valence-corrected chi connectivity index (χ3v) is 2.92. The van der Waals surface area contributed by atoms with Crippen LogP contribution in [0.2, 0.25) is 0 Å². The summed E-state index contributed by atoms with van der Waals surface area (Å²) in [4.78, 5) is 4.59. The molecule has 0 fully saturated rings. The van der Waals surface area contributed by atoms with Gasteiger partial charge in [-0.1, -0.05) is 24.3 Å². The molecule has 0 aliphatic rings. The Bertz CT molecular complexity index is 899. The fourth-order valence-corrected chi connectivity index (χ4v) is 2.14. The highest BCUT2D eigenvalue weighted by Gasteiger charge is 2.04. The van der Waals surface area contributed by atoms with Crippen LogP contribution in [-0.4, -0.2) is 22.5 Å². The minimum absolute atomic E-state index is 0.785. The zero-order valence-corrected chi connectivity index (χ0v) is 12.0. The lowest BCUT2D eigenvalue weighted by Crippen LogP contribution is -1.90. The minimum atomic E-state index is -4.92. The van der Waals surface area contributed by atoms with Gasteiger partial charge >= 0.3 is 0 Å². The van der Waals surface area contributed by atoms with Crippen molar-refractivity contribution in [3.63, 3.8) is 0 Å². The molecule has 1 aromatic heterocycles. The van der Waals surface area contributed by atoms with Crippen LogP contribution in [0.1, 0.15) is 5.69 Å². The Labute approximate surface area is 121 Å². The summed E-state index contributed by atoms with van der Waals surface area (Å²) < 4.78 is 32.8. The number of aryl methyl sites for hydroxylation is 1. The largest absolute Gasteiger partial charge is 0.726 e. The van der Waals surface area contributed by atoms with E-state index in [9.17, 15) is 0 Å². The van der Waals surface area contributed by atoms with Gasteiger partial charge in [-0.25, -0.2) is 8.42 Å². The number of fused-ring (bicyclic) bond motifs is 3. The molecule has 0 aliphatic carbocycles. The van der Waals surface area contributed by atoms with E-state index in [1.165, 1.54) is 10.8 Å². The van der Waals surface area contributed by atoms with Gasteiger partial charge in [0.15, 0.2) is 0 Å². The average molecular weight is 305 g/mol. The zero-order valence-electron chi connectivity index (χ0n) is 11.1. The summed E-state index contributed by atoms with van der Waals surface area (Å²) in [5.41, 5.74) is 8.66. The molecular formula is C14H13N2O4S-. The third kappa shape index (κ3) is 3.88. The molecule has 0 amide bonds. The number of nitrogen functional groups attached to an aromatic ring is 1. The van der Waals surface area contributed by atoms with Gasteiger partial charge in [-0.2, -0.15) is 0 Å². The summed E-state index contributed by atoms with van der Waals surface area (Å²) in [6.07, 6.45) is 0. The van der Waals surface area contributed by atoms with Gasteiger partial charge in [0.1, 0.15) is 0 Å². The molecule has 0 aliphatic heterocycles. The molecule has 0 unspecified atom stereocenters. The van der Waals surface area contributed by atoms with E-state index < -0.39 is 10.4 Å². The molecule has 0 saturated carbocycles. The molecule has 0 bridgehead atoms. The summed E-state index contributed by atoms with van der Waals surface area (Å²) in [7, 11) is -4.92. The van der Waals surface area contributed by atoms with Gasteiger partial charge in [0.25, 0.3) is 0 Å². The molecule has 0 radical (unpaired) electrons. The van der Waals surface area contributed by atoms with Crippen LogP contribution in [0.25, 0.3) is 21.7 Å². The van der Waals surface area contributed by atoms with Gasteiger partial charge in [0.05, 0.1) is 5.52 Å². The van der Waals surface area contributed by atoms with Crippen LogP contribution in [0, 0.1) is 6.92 Å². The maximum atomic E-state index is 8.63. The number of hydrogen-bond donors (Lipinski definition) is 2. The molecule has 0 atom stereocenters. The molecular weight excluding hydrogens is 292 g/mol. The normalized spacial score (nSPS) is 11.2. The van der Waals surface area contributed by atoms with Gasteiger partial charge in [-0.15, -0.1) is 0 Å². The first kappa shape index (κ1) is 15.2. The van der Waals surface area contributed by atoms with E-state index in [0.29, 0.717) is 0 Å². The number of hydrogen-bond acceptors (Lipinski definition) is 5. The van der Waals surface area contributed by atoms with Crippen LogP contribution in [-0.2, 0) is 10.4 Å². The number of aromatic nitrogens is 1. The van der Waals surface area contributed by atoms with Crippen LogP contribution >= 0.6 is 0 Å². The first-order valence-corrected chi connectivity index (χ1v) is 7.35. The highest BCUT2D eigenvalue weighted by atomic mass is 32.3. The molecule has 110 valence electrons. The van der Waals surface area contributed by atoms with Crippen molar-refractivity contribution < 1.29 is 17.5 Å².